The van der Waals surface area contributed by atoms with E-state index in [0.717, 1.165) is 19.2 Å². The molecule has 7 nitrogen and oxygen atoms in total. The molecule has 2 atom stereocenters. The van der Waals surface area contributed by atoms with Crippen LogP contribution in [0, 0.1) is 11.6 Å². The normalized spacial score (nSPS) is 22.3. The minimum absolute atomic E-state index is 0.0337. The third-order valence-corrected chi connectivity index (χ3v) is 8.47. The van der Waals surface area contributed by atoms with Crippen molar-refractivity contribution in [3.63, 3.8) is 0 Å². The van der Waals surface area contributed by atoms with Gasteiger partial charge in [0.05, 0.1) is 10.6 Å². The smallest absolute Gasteiger partial charge is 0.246 e. The summed E-state index contributed by atoms with van der Waals surface area (Å²) in [5, 5.41) is 10.8. The molecule has 3 fully saturated rings. The van der Waals surface area contributed by atoms with Crippen molar-refractivity contribution < 1.29 is 18.7 Å². The third kappa shape index (κ3) is 4.41. The van der Waals surface area contributed by atoms with Crippen LogP contribution >= 0.6 is 11.6 Å². The lowest BCUT2D eigenvalue weighted by Crippen LogP contribution is -2.58. The molecule has 6 rings (SSSR count). The molecule has 39 heavy (non-hydrogen) atoms. The van der Waals surface area contributed by atoms with Crippen molar-refractivity contribution in [1.82, 2.24) is 19.8 Å². The van der Waals surface area contributed by atoms with Crippen LogP contribution in [0.5, 0.6) is 5.75 Å². The molecule has 2 aliphatic heterocycles. The van der Waals surface area contributed by atoms with Crippen LogP contribution in [0.15, 0.2) is 36.9 Å². The van der Waals surface area contributed by atoms with E-state index in [-0.39, 0.29) is 45.6 Å². The Hall–Kier alpha value is -3.30. The number of phenolic OH excluding ortho intramolecular Hbond substituents is 1. The van der Waals surface area contributed by atoms with Crippen molar-refractivity contribution in [2.75, 3.05) is 31.1 Å². The topological polar surface area (TPSA) is 72.8 Å². The van der Waals surface area contributed by atoms with Crippen molar-refractivity contribution in [1.29, 1.82) is 0 Å². The molecule has 1 saturated carbocycles. The number of hydrogen-bond donors (Lipinski definition) is 1. The highest BCUT2D eigenvalue weighted by atomic mass is 35.5. The van der Waals surface area contributed by atoms with Gasteiger partial charge in [0.1, 0.15) is 28.7 Å². The van der Waals surface area contributed by atoms with Crippen LogP contribution < -0.4 is 4.90 Å². The number of aromatic hydroxyl groups is 1. The van der Waals surface area contributed by atoms with E-state index in [0.29, 0.717) is 36.2 Å². The lowest BCUT2D eigenvalue weighted by Gasteiger charge is -2.45. The van der Waals surface area contributed by atoms with E-state index in [9.17, 15) is 14.3 Å². The average molecular weight is 554 g/mol. The highest BCUT2D eigenvalue weighted by Crippen LogP contribution is 2.44. The molecule has 0 spiro atoms. The second-order valence-corrected chi connectivity index (χ2v) is 11.3. The molecule has 1 amide bonds. The highest BCUT2D eigenvalue weighted by Gasteiger charge is 2.41. The summed E-state index contributed by atoms with van der Waals surface area (Å²) in [7, 11) is 0. The summed E-state index contributed by atoms with van der Waals surface area (Å²) in [6, 6.07) is 5.70. The van der Waals surface area contributed by atoms with Crippen molar-refractivity contribution in [2.24, 2.45) is 0 Å². The summed E-state index contributed by atoms with van der Waals surface area (Å²) in [6.45, 7) is 10.1. The number of carbonyl (C=O) groups is 1. The van der Waals surface area contributed by atoms with E-state index in [4.69, 9.17) is 16.6 Å². The zero-order valence-corrected chi connectivity index (χ0v) is 22.6. The average Bonchev–Trinajstić information content (AvgIpc) is 3.70. The number of nitrogens with zero attached hydrogens (tertiary/aromatic N) is 5. The van der Waals surface area contributed by atoms with E-state index < -0.39 is 17.4 Å². The Morgan fingerprint density at radius 1 is 1.10 bits per heavy atom. The van der Waals surface area contributed by atoms with Crippen LogP contribution in [0.25, 0.3) is 22.0 Å². The molecule has 0 unspecified atom stereocenters. The summed E-state index contributed by atoms with van der Waals surface area (Å²) in [4.78, 5) is 28.3. The monoisotopic (exact) mass is 553 g/mol. The number of hydrogen-bond acceptors (Lipinski definition) is 6. The first-order chi connectivity index (χ1) is 18.7. The number of rotatable bonds is 5. The van der Waals surface area contributed by atoms with Gasteiger partial charge >= 0.3 is 0 Å². The van der Waals surface area contributed by atoms with Crippen LogP contribution in [-0.2, 0) is 4.79 Å². The summed E-state index contributed by atoms with van der Waals surface area (Å²) in [5.74, 6) is -1.02. The maximum atomic E-state index is 16.3. The molecule has 2 aromatic carbocycles. The Kier molecular flexibility index (Phi) is 6.46. The molecule has 1 aliphatic carbocycles. The van der Waals surface area contributed by atoms with Crippen LogP contribution in [0.3, 0.4) is 0 Å². The van der Waals surface area contributed by atoms with Gasteiger partial charge in [0.2, 0.25) is 5.91 Å². The number of benzene rings is 2. The molecule has 1 N–H and O–H groups in total. The Morgan fingerprint density at radius 3 is 2.51 bits per heavy atom. The van der Waals surface area contributed by atoms with Gasteiger partial charge in [0.25, 0.3) is 0 Å². The van der Waals surface area contributed by atoms with Gasteiger partial charge in [-0.05, 0) is 51.0 Å². The molecule has 10 heteroatoms. The fraction of sp³-hybridized carbons (Fsp3) is 0.414. The maximum absolute atomic E-state index is 16.3. The number of piperazine rings is 1. The maximum Gasteiger partial charge on any atom is 0.246 e. The molecule has 0 bridgehead atoms. The molecule has 3 aromatic rings. The first kappa shape index (κ1) is 26.0. The van der Waals surface area contributed by atoms with Gasteiger partial charge in [0, 0.05) is 61.2 Å². The Labute approximate surface area is 230 Å². The van der Waals surface area contributed by atoms with Gasteiger partial charge < -0.3 is 14.9 Å². The lowest BCUT2D eigenvalue weighted by molar-refractivity contribution is -0.128. The highest BCUT2D eigenvalue weighted by molar-refractivity contribution is 6.34. The van der Waals surface area contributed by atoms with Crippen LogP contribution in [-0.4, -0.2) is 75.1 Å². The molecule has 2 saturated heterocycles. The number of halogens is 3. The van der Waals surface area contributed by atoms with E-state index in [1.807, 2.05) is 13.8 Å². The van der Waals surface area contributed by atoms with E-state index in [2.05, 4.69) is 21.4 Å². The standard InChI is InChI=1S/C29H30ClF2N5O2/c1-4-23(39)36-11-16(3)37(12-15(36)2)29-19-10-20(30)24(25-21(31)6-5-7-22(25)38)26(32)27(19)33-28(34-29)17-13-35(14-17)18-8-9-18/h4-7,10,15-18,38H,1,8-9,11-14H2,2-3H3/t15-,16+/m1/s1. The van der Waals surface area contributed by atoms with E-state index in [1.54, 1.807) is 11.0 Å². The first-order valence-corrected chi connectivity index (χ1v) is 13.7. The molecular formula is C29H30ClF2N5O2. The number of amides is 1. The van der Waals surface area contributed by atoms with Crippen molar-refractivity contribution in [3.05, 3.63) is 59.4 Å². The number of likely N-dealkylation sites (tertiary alicyclic amines) is 1. The summed E-state index contributed by atoms with van der Waals surface area (Å²) in [5.41, 5.74) is -0.497. The van der Waals surface area contributed by atoms with E-state index >= 15 is 4.39 Å². The molecule has 3 heterocycles. The zero-order valence-electron chi connectivity index (χ0n) is 21.9. The van der Waals surface area contributed by atoms with Crippen molar-refractivity contribution >= 4 is 34.2 Å². The number of anilines is 1. The first-order valence-electron chi connectivity index (χ1n) is 13.3. The van der Waals surface area contributed by atoms with Crippen LogP contribution in [0.4, 0.5) is 14.6 Å². The SMILES string of the molecule is C=CC(=O)N1C[C@H](C)N(c2nc(C3CN(C4CC4)C3)nc3c(F)c(-c4c(O)cccc4F)c(Cl)cc23)C[C@H]1C. The van der Waals surface area contributed by atoms with Crippen molar-refractivity contribution in [3.8, 4) is 16.9 Å². The van der Waals surface area contributed by atoms with Gasteiger partial charge in [-0.15, -0.1) is 0 Å². The van der Waals surface area contributed by atoms with Gasteiger partial charge in [-0.2, -0.15) is 0 Å². The third-order valence-electron chi connectivity index (χ3n) is 8.18. The summed E-state index contributed by atoms with van der Waals surface area (Å²) in [6.07, 6.45) is 3.71. The number of carbonyl (C=O) groups excluding carboxylic acids is 1. The zero-order chi connectivity index (χ0) is 27.6. The number of phenols is 1. The molecule has 204 valence electrons. The summed E-state index contributed by atoms with van der Waals surface area (Å²) >= 11 is 6.59. The molecule has 1 aromatic heterocycles. The summed E-state index contributed by atoms with van der Waals surface area (Å²) < 4.78 is 31.2. The Bertz CT molecular complexity index is 1470. The fourth-order valence-electron chi connectivity index (χ4n) is 5.85. The second-order valence-electron chi connectivity index (χ2n) is 10.9. The van der Waals surface area contributed by atoms with Crippen LogP contribution in [0.2, 0.25) is 5.02 Å². The quantitative estimate of drug-likeness (QED) is 0.443. The Balaban J connectivity index is 1.50. The fourth-order valence-corrected chi connectivity index (χ4v) is 6.13. The minimum atomic E-state index is -0.803. The molecule has 0 radical (unpaired) electrons. The number of fused-ring (bicyclic) bond motifs is 1. The minimum Gasteiger partial charge on any atom is -0.507 e. The van der Waals surface area contributed by atoms with Gasteiger partial charge in [0.15, 0.2) is 5.82 Å². The molecular weight excluding hydrogens is 524 g/mol. The lowest BCUT2D eigenvalue weighted by atomic mass is 9.97. The van der Waals surface area contributed by atoms with Gasteiger partial charge in [-0.3, -0.25) is 9.69 Å². The van der Waals surface area contributed by atoms with Gasteiger partial charge in [-0.1, -0.05) is 24.2 Å². The number of aromatic nitrogens is 2. The van der Waals surface area contributed by atoms with Crippen LogP contribution in [0.1, 0.15) is 38.4 Å². The van der Waals surface area contributed by atoms with Gasteiger partial charge in [-0.25, -0.2) is 18.7 Å². The molecule has 3 aliphatic rings. The van der Waals surface area contributed by atoms with Crippen molar-refractivity contribution in [2.45, 2.75) is 50.7 Å². The Morgan fingerprint density at radius 2 is 1.85 bits per heavy atom. The largest absolute Gasteiger partial charge is 0.507 e. The van der Waals surface area contributed by atoms with E-state index in [1.165, 1.54) is 31.1 Å². The predicted molar refractivity (Wildman–Crippen MR) is 147 cm³/mol. The predicted octanol–water partition coefficient (Wildman–Crippen LogP) is 5.11. The second kappa shape index (κ2) is 9.71.